The molecule has 2 fully saturated rings. The van der Waals surface area contributed by atoms with Gasteiger partial charge in [-0.15, -0.1) is 0 Å². The molecule has 15 nitrogen and oxygen atoms in total. The van der Waals surface area contributed by atoms with Crippen molar-refractivity contribution in [2.45, 2.75) is 147 Å². The SMILES string of the molecule is CC[C@H]1OC(=O)C[C@@H](O)[C@H](C)[C@@H](OC2OC(C)C(O)C(N(C)C)C2O)[C@@H](CC=O)C[C@@H](C)C(=O)/C=C/C(C)=C/[C@@H]1COC1OC(C)C(O)C(OC)C1OC. The first-order valence-corrected chi connectivity index (χ1v) is 19.0. The normalized spacial score (nSPS) is 43.6. The Kier molecular flexibility index (Phi) is 18.3. The lowest BCUT2D eigenvalue weighted by molar-refractivity contribution is -0.304. The molecule has 0 bridgehead atoms. The van der Waals surface area contributed by atoms with E-state index in [-0.39, 0.29) is 25.2 Å². The van der Waals surface area contributed by atoms with Gasteiger partial charge in [-0.1, -0.05) is 38.5 Å². The predicted octanol–water partition coefficient (Wildman–Crippen LogP) is 1.56. The summed E-state index contributed by atoms with van der Waals surface area (Å²) in [5, 5.41) is 44.2. The summed E-state index contributed by atoms with van der Waals surface area (Å²) in [5.74, 6) is -3.37. The van der Waals surface area contributed by atoms with Crippen LogP contribution in [0.5, 0.6) is 0 Å². The zero-order valence-electron chi connectivity index (χ0n) is 33.5. The standard InChI is InChI=1S/C39H65NO14/c1-11-29-26(19-50-39-37(49-10)36(48-9)33(46)24(6)52-39)16-20(2)12-13-27(42)21(3)17-25(14-15-41)35(22(4)28(43)18-30(44)53-29)54-38-34(47)31(40(7)8)32(45)23(5)51-38/h12-13,15-16,21-26,28-29,31-39,43,45-47H,11,14,17-19H2,1-10H3/b13-12+,20-16+/t21-,22+,23?,24?,25+,26-,28-,29-,31?,32?,33?,34?,35-,36?,37?,38?,39?/m1/s1. The second-order valence-corrected chi connectivity index (χ2v) is 15.4. The van der Waals surface area contributed by atoms with Gasteiger partial charge >= 0.3 is 5.97 Å². The van der Waals surface area contributed by atoms with Crippen LogP contribution >= 0.6 is 0 Å². The maximum absolute atomic E-state index is 13.6. The van der Waals surface area contributed by atoms with Gasteiger partial charge in [0.2, 0.25) is 0 Å². The van der Waals surface area contributed by atoms with Crippen molar-refractivity contribution in [2.75, 3.05) is 34.9 Å². The fraction of sp³-hybridized carbons (Fsp3) is 0.821. The van der Waals surface area contributed by atoms with Crippen LogP contribution in [0.25, 0.3) is 0 Å². The molecule has 0 saturated carbocycles. The zero-order chi connectivity index (χ0) is 40.4. The van der Waals surface area contributed by atoms with E-state index in [0.717, 1.165) is 6.29 Å². The summed E-state index contributed by atoms with van der Waals surface area (Å²) in [6, 6.07) is -0.740. The number of methoxy groups -OCH3 is 2. The second kappa shape index (κ2) is 21.4. The third-order valence-corrected chi connectivity index (χ3v) is 11.1. The molecule has 0 radical (unpaired) electrons. The van der Waals surface area contributed by atoms with Crippen molar-refractivity contribution >= 4 is 18.0 Å². The highest BCUT2D eigenvalue weighted by Gasteiger charge is 2.48. The van der Waals surface area contributed by atoms with E-state index in [1.54, 1.807) is 52.8 Å². The summed E-state index contributed by atoms with van der Waals surface area (Å²) < 4.78 is 41.6. The largest absolute Gasteiger partial charge is 0.462 e. The Labute approximate surface area is 319 Å². The number of cyclic esters (lactones) is 1. The van der Waals surface area contributed by atoms with Gasteiger partial charge in [-0.25, -0.2) is 0 Å². The quantitative estimate of drug-likeness (QED) is 0.174. The Morgan fingerprint density at radius 2 is 1.52 bits per heavy atom. The number of aldehydes is 1. The second-order valence-electron chi connectivity index (χ2n) is 15.4. The molecule has 10 unspecified atom stereocenters. The minimum absolute atomic E-state index is 0.0120. The number of ketones is 1. The molecule has 310 valence electrons. The molecule has 0 spiro atoms. The maximum atomic E-state index is 13.6. The molecule has 17 atom stereocenters. The van der Waals surface area contributed by atoms with Gasteiger partial charge < -0.3 is 63.3 Å². The summed E-state index contributed by atoms with van der Waals surface area (Å²) in [5.41, 5.74) is 0.701. The molecule has 54 heavy (non-hydrogen) atoms. The Hall–Kier alpha value is -2.15. The highest BCUT2D eigenvalue weighted by molar-refractivity contribution is 5.91. The Bertz CT molecular complexity index is 1260. The number of esters is 1. The summed E-state index contributed by atoms with van der Waals surface area (Å²) in [6.07, 6.45) is -5.36. The molecule has 15 heteroatoms. The van der Waals surface area contributed by atoms with Crippen molar-refractivity contribution in [3.63, 3.8) is 0 Å². The molecule has 0 aliphatic carbocycles. The van der Waals surface area contributed by atoms with Crippen LogP contribution in [0.1, 0.15) is 67.2 Å². The first kappa shape index (κ1) is 46.2. The van der Waals surface area contributed by atoms with Gasteiger partial charge in [0.25, 0.3) is 0 Å². The van der Waals surface area contributed by atoms with Crippen molar-refractivity contribution in [1.29, 1.82) is 0 Å². The number of allylic oxidation sites excluding steroid dienone is 3. The maximum Gasteiger partial charge on any atom is 0.308 e. The fourth-order valence-electron chi connectivity index (χ4n) is 7.76. The van der Waals surface area contributed by atoms with E-state index in [1.165, 1.54) is 20.3 Å². The van der Waals surface area contributed by atoms with Crippen LogP contribution in [0.4, 0.5) is 0 Å². The van der Waals surface area contributed by atoms with E-state index >= 15 is 0 Å². The van der Waals surface area contributed by atoms with Gasteiger partial charge in [-0.05, 0) is 59.7 Å². The highest BCUT2D eigenvalue weighted by Crippen LogP contribution is 2.35. The van der Waals surface area contributed by atoms with E-state index in [0.29, 0.717) is 12.0 Å². The summed E-state index contributed by atoms with van der Waals surface area (Å²) in [4.78, 5) is 40.8. The number of hydrogen-bond donors (Lipinski definition) is 4. The zero-order valence-corrected chi connectivity index (χ0v) is 33.5. The van der Waals surface area contributed by atoms with Crippen LogP contribution in [0.2, 0.25) is 0 Å². The first-order chi connectivity index (χ1) is 25.5. The molecular formula is C39H65NO14. The highest BCUT2D eigenvalue weighted by atomic mass is 16.7. The average molecular weight is 772 g/mol. The van der Waals surface area contributed by atoms with Gasteiger partial charge in [0, 0.05) is 38.4 Å². The van der Waals surface area contributed by atoms with Crippen LogP contribution in [0, 0.1) is 23.7 Å². The Morgan fingerprint density at radius 3 is 2.11 bits per heavy atom. The van der Waals surface area contributed by atoms with Crippen molar-refractivity contribution in [3.05, 3.63) is 23.8 Å². The minimum Gasteiger partial charge on any atom is -0.462 e. The van der Waals surface area contributed by atoms with Crippen molar-refractivity contribution in [2.24, 2.45) is 23.7 Å². The number of carbonyl (C=O) groups is 3. The first-order valence-electron chi connectivity index (χ1n) is 19.0. The number of aliphatic hydroxyl groups excluding tert-OH is 4. The van der Waals surface area contributed by atoms with Gasteiger partial charge in [0.05, 0.1) is 49.6 Å². The molecule has 3 aliphatic rings. The number of aliphatic hydroxyl groups is 4. The third-order valence-electron chi connectivity index (χ3n) is 11.1. The smallest absolute Gasteiger partial charge is 0.308 e. The Balaban J connectivity index is 1.96. The molecular weight excluding hydrogens is 706 g/mol. The molecule has 2 saturated heterocycles. The van der Waals surface area contributed by atoms with Crippen LogP contribution in [0.15, 0.2) is 23.8 Å². The van der Waals surface area contributed by atoms with E-state index in [2.05, 4.69) is 0 Å². The number of carbonyl (C=O) groups excluding carboxylic acids is 3. The topological polar surface area (TPSA) is 200 Å². The van der Waals surface area contributed by atoms with Crippen molar-refractivity contribution < 1.29 is 68.0 Å². The van der Waals surface area contributed by atoms with E-state index in [9.17, 15) is 34.8 Å². The predicted molar refractivity (Wildman–Crippen MR) is 196 cm³/mol. The van der Waals surface area contributed by atoms with Gasteiger partial charge in [0.1, 0.15) is 36.8 Å². The van der Waals surface area contributed by atoms with E-state index in [4.69, 9.17) is 33.2 Å². The van der Waals surface area contributed by atoms with Crippen molar-refractivity contribution in [1.82, 2.24) is 4.90 Å². The lowest BCUT2D eigenvalue weighted by Crippen LogP contribution is -2.63. The van der Waals surface area contributed by atoms with Crippen molar-refractivity contribution in [3.8, 4) is 0 Å². The van der Waals surface area contributed by atoms with Crippen LogP contribution in [-0.2, 0) is 47.5 Å². The summed E-state index contributed by atoms with van der Waals surface area (Å²) in [7, 11) is 6.36. The average Bonchev–Trinajstić information content (AvgIpc) is 3.12. The monoisotopic (exact) mass is 771 g/mol. The molecule has 0 aromatic rings. The fourth-order valence-corrected chi connectivity index (χ4v) is 7.76. The Morgan fingerprint density at radius 1 is 0.889 bits per heavy atom. The lowest BCUT2D eigenvalue weighted by Gasteiger charge is -2.46. The van der Waals surface area contributed by atoms with Crippen LogP contribution in [0.3, 0.4) is 0 Å². The number of ether oxygens (including phenoxy) is 7. The van der Waals surface area contributed by atoms with E-state index in [1.807, 2.05) is 19.9 Å². The third kappa shape index (κ3) is 11.7. The molecule has 0 aromatic carbocycles. The number of rotatable bonds is 11. The minimum atomic E-state index is -1.31. The molecule has 0 aromatic heterocycles. The number of hydrogen-bond acceptors (Lipinski definition) is 15. The summed E-state index contributed by atoms with van der Waals surface area (Å²) >= 11 is 0. The van der Waals surface area contributed by atoms with Gasteiger partial charge in [0.15, 0.2) is 18.4 Å². The lowest BCUT2D eigenvalue weighted by atomic mass is 9.79. The summed E-state index contributed by atoms with van der Waals surface area (Å²) in [6.45, 7) is 10.5. The van der Waals surface area contributed by atoms with Crippen LogP contribution < -0.4 is 0 Å². The molecule has 3 heterocycles. The molecule has 3 rings (SSSR count). The van der Waals surface area contributed by atoms with Gasteiger partial charge in [-0.2, -0.15) is 0 Å². The van der Waals surface area contributed by atoms with Gasteiger partial charge in [-0.3, -0.25) is 9.59 Å². The molecule has 4 N–H and O–H groups in total. The molecule has 3 aliphatic heterocycles. The molecule has 0 amide bonds. The van der Waals surface area contributed by atoms with E-state index < -0.39 is 116 Å². The number of likely N-dealkylation sites (N-methyl/N-ethyl adjacent to an activating group) is 1. The van der Waals surface area contributed by atoms with Crippen LogP contribution in [-0.4, -0.2) is 158 Å². The number of nitrogens with zero attached hydrogens (tertiary/aromatic N) is 1.